The minimum Gasteiger partial charge on any atom is -0.355 e. The number of rotatable bonds is 2. The molecule has 3 rings (SSSR count). The normalized spacial score (nSPS) is 25.6. The standard InChI is InChI=1S/C14H22N4/c1-11-4-7-18(8-5-11)14-10-15-9-13(17-14)12-3-2-6-16-12/h9-12,16H,2-8H2,1H3. The number of aromatic nitrogens is 2. The Morgan fingerprint density at radius 2 is 2.06 bits per heavy atom. The second-order valence-corrected chi connectivity index (χ2v) is 5.62. The van der Waals surface area contributed by atoms with E-state index in [4.69, 9.17) is 4.98 Å². The molecule has 4 heteroatoms. The van der Waals surface area contributed by atoms with Crippen molar-refractivity contribution in [1.82, 2.24) is 15.3 Å². The average Bonchev–Trinajstić information content (AvgIpc) is 2.94. The third-order valence-corrected chi connectivity index (χ3v) is 4.17. The summed E-state index contributed by atoms with van der Waals surface area (Å²) in [5.41, 5.74) is 1.11. The Kier molecular flexibility index (Phi) is 3.46. The summed E-state index contributed by atoms with van der Waals surface area (Å²) in [6.07, 6.45) is 8.81. The lowest BCUT2D eigenvalue weighted by molar-refractivity contribution is 0.435. The van der Waals surface area contributed by atoms with Crippen molar-refractivity contribution < 1.29 is 0 Å². The first kappa shape index (κ1) is 11.9. The van der Waals surface area contributed by atoms with Crippen molar-refractivity contribution in [2.24, 2.45) is 5.92 Å². The Hall–Kier alpha value is -1.16. The third kappa shape index (κ3) is 2.48. The van der Waals surface area contributed by atoms with Gasteiger partial charge in [-0.25, -0.2) is 4.98 Å². The molecule has 2 saturated heterocycles. The zero-order valence-corrected chi connectivity index (χ0v) is 11.1. The molecule has 0 saturated carbocycles. The highest BCUT2D eigenvalue weighted by atomic mass is 15.2. The zero-order chi connectivity index (χ0) is 12.4. The molecule has 0 spiro atoms. The van der Waals surface area contributed by atoms with Crippen LogP contribution in [0.25, 0.3) is 0 Å². The fourth-order valence-corrected chi connectivity index (χ4v) is 2.87. The van der Waals surface area contributed by atoms with Crippen LogP contribution in [-0.2, 0) is 0 Å². The van der Waals surface area contributed by atoms with Gasteiger partial charge in [0.15, 0.2) is 0 Å². The third-order valence-electron chi connectivity index (χ3n) is 4.17. The lowest BCUT2D eigenvalue weighted by Crippen LogP contribution is -2.33. The van der Waals surface area contributed by atoms with E-state index in [2.05, 4.69) is 22.1 Å². The van der Waals surface area contributed by atoms with Gasteiger partial charge in [0.05, 0.1) is 24.1 Å². The summed E-state index contributed by atoms with van der Waals surface area (Å²) < 4.78 is 0. The summed E-state index contributed by atoms with van der Waals surface area (Å²) in [5.74, 6) is 1.92. The Morgan fingerprint density at radius 1 is 1.22 bits per heavy atom. The van der Waals surface area contributed by atoms with Crippen LogP contribution in [0.2, 0.25) is 0 Å². The molecule has 3 heterocycles. The van der Waals surface area contributed by atoms with Crippen LogP contribution in [0.15, 0.2) is 12.4 Å². The maximum Gasteiger partial charge on any atom is 0.147 e. The van der Waals surface area contributed by atoms with Crippen molar-refractivity contribution in [1.29, 1.82) is 0 Å². The largest absolute Gasteiger partial charge is 0.355 e. The van der Waals surface area contributed by atoms with Crippen LogP contribution in [0.3, 0.4) is 0 Å². The Morgan fingerprint density at radius 3 is 2.78 bits per heavy atom. The van der Waals surface area contributed by atoms with E-state index in [1.54, 1.807) is 0 Å². The van der Waals surface area contributed by atoms with Crippen LogP contribution >= 0.6 is 0 Å². The molecule has 0 bridgehead atoms. The minimum absolute atomic E-state index is 0.418. The van der Waals surface area contributed by atoms with Gasteiger partial charge in [0.1, 0.15) is 5.82 Å². The topological polar surface area (TPSA) is 41.1 Å². The highest BCUT2D eigenvalue weighted by molar-refractivity contribution is 5.37. The van der Waals surface area contributed by atoms with Gasteiger partial charge in [0.25, 0.3) is 0 Å². The second-order valence-electron chi connectivity index (χ2n) is 5.62. The van der Waals surface area contributed by atoms with Crippen molar-refractivity contribution >= 4 is 5.82 Å². The SMILES string of the molecule is CC1CCN(c2cncc(C3CCCN3)n2)CC1. The number of nitrogens with one attached hydrogen (secondary N) is 1. The maximum atomic E-state index is 4.80. The molecule has 2 aliphatic heterocycles. The summed E-state index contributed by atoms with van der Waals surface area (Å²) in [6, 6.07) is 0.418. The van der Waals surface area contributed by atoms with Crippen LogP contribution < -0.4 is 10.2 Å². The van der Waals surface area contributed by atoms with Crippen LogP contribution in [0, 0.1) is 5.92 Å². The molecule has 0 aliphatic carbocycles. The molecule has 1 aromatic rings. The van der Waals surface area contributed by atoms with Gasteiger partial charge in [-0.2, -0.15) is 0 Å². The molecule has 18 heavy (non-hydrogen) atoms. The Labute approximate surface area is 109 Å². The summed E-state index contributed by atoms with van der Waals surface area (Å²) in [4.78, 5) is 11.6. The van der Waals surface area contributed by atoms with E-state index < -0.39 is 0 Å². The highest BCUT2D eigenvalue weighted by Crippen LogP contribution is 2.24. The van der Waals surface area contributed by atoms with Gasteiger partial charge in [0.2, 0.25) is 0 Å². The van der Waals surface area contributed by atoms with Gasteiger partial charge in [0, 0.05) is 13.1 Å². The van der Waals surface area contributed by atoms with Gasteiger partial charge in [-0.3, -0.25) is 4.98 Å². The van der Waals surface area contributed by atoms with Crippen molar-refractivity contribution in [2.45, 2.75) is 38.6 Å². The van der Waals surface area contributed by atoms with Gasteiger partial charge >= 0.3 is 0 Å². The van der Waals surface area contributed by atoms with Crippen molar-refractivity contribution in [2.75, 3.05) is 24.5 Å². The monoisotopic (exact) mass is 246 g/mol. The summed E-state index contributed by atoms with van der Waals surface area (Å²) >= 11 is 0. The number of hydrogen-bond acceptors (Lipinski definition) is 4. The van der Waals surface area contributed by atoms with E-state index in [1.807, 2.05) is 12.4 Å². The lowest BCUT2D eigenvalue weighted by Gasteiger charge is -2.31. The highest BCUT2D eigenvalue weighted by Gasteiger charge is 2.21. The fraction of sp³-hybridized carbons (Fsp3) is 0.714. The quantitative estimate of drug-likeness (QED) is 0.868. The van der Waals surface area contributed by atoms with Crippen LogP contribution in [-0.4, -0.2) is 29.6 Å². The van der Waals surface area contributed by atoms with E-state index in [-0.39, 0.29) is 0 Å². The van der Waals surface area contributed by atoms with Gasteiger partial charge in [-0.05, 0) is 38.1 Å². The first-order chi connectivity index (χ1) is 8.83. The molecule has 1 N–H and O–H groups in total. The van der Waals surface area contributed by atoms with E-state index in [0.29, 0.717) is 6.04 Å². The molecule has 0 aromatic carbocycles. The van der Waals surface area contributed by atoms with Gasteiger partial charge in [-0.1, -0.05) is 6.92 Å². The summed E-state index contributed by atoms with van der Waals surface area (Å²) in [6.45, 7) is 5.69. The first-order valence-electron chi connectivity index (χ1n) is 7.13. The molecular formula is C14H22N4. The van der Waals surface area contributed by atoms with Crippen molar-refractivity contribution in [3.63, 3.8) is 0 Å². The molecule has 4 nitrogen and oxygen atoms in total. The molecule has 1 unspecified atom stereocenters. The van der Waals surface area contributed by atoms with E-state index in [1.165, 1.54) is 25.7 Å². The fourth-order valence-electron chi connectivity index (χ4n) is 2.87. The minimum atomic E-state index is 0.418. The molecule has 0 radical (unpaired) electrons. The maximum absolute atomic E-state index is 4.80. The van der Waals surface area contributed by atoms with Crippen LogP contribution in [0.4, 0.5) is 5.82 Å². The predicted molar refractivity (Wildman–Crippen MR) is 72.6 cm³/mol. The summed E-state index contributed by atoms with van der Waals surface area (Å²) in [5, 5.41) is 3.49. The molecule has 2 aliphatic rings. The van der Waals surface area contributed by atoms with Crippen molar-refractivity contribution in [3.05, 3.63) is 18.1 Å². The lowest BCUT2D eigenvalue weighted by atomic mass is 9.99. The molecule has 1 aromatic heterocycles. The van der Waals surface area contributed by atoms with Gasteiger partial charge in [-0.15, -0.1) is 0 Å². The predicted octanol–water partition coefficient (Wildman–Crippen LogP) is 2.14. The zero-order valence-electron chi connectivity index (χ0n) is 11.1. The van der Waals surface area contributed by atoms with Crippen LogP contribution in [0.1, 0.15) is 44.3 Å². The Balaban J connectivity index is 1.74. The molecular weight excluding hydrogens is 224 g/mol. The van der Waals surface area contributed by atoms with Crippen molar-refractivity contribution in [3.8, 4) is 0 Å². The molecule has 1 atom stereocenters. The van der Waals surface area contributed by atoms with E-state index >= 15 is 0 Å². The van der Waals surface area contributed by atoms with Gasteiger partial charge < -0.3 is 10.2 Å². The number of nitrogens with zero attached hydrogens (tertiary/aromatic N) is 3. The molecule has 2 fully saturated rings. The molecule has 98 valence electrons. The average molecular weight is 246 g/mol. The Bertz CT molecular complexity index is 393. The van der Waals surface area contributed by atoms with E-state index in [0.717, 1.165) is 37.1 Å². The number of hydrogen-bond donors (Lipinski definition) is 1. The number of piperidine rings is 1. The number of anilines is 1. The second kappa shape index (κ2) is 5.22. The molecule has 0 amide bonds. The van der Waals surface area contributed by atoms with Crippen LogP contribution in [0.5, 0.6) is 0 Å². The first-order valence-corrected chi connectivity index (χ1v) is 7.13. The summed E-state index contributed by atoms with van der Waals surface area (Å²) in [7, 11) is 0. The smallest absolute Gasteiger partial charge is 0.147 e. The van der Waals surface area contributed by atoms with E-state index in [9.17, 15) is 0 Å².